The van der Waals surface area contributed by atoms with Crippen LogP contribution in [0.1, 0.15) is 55.6 Å². The number of H-pyrrole nitrogens is 1. The van der Waals surface area contributed by atoms with Gasteiger partial charge in [-0.25, -0.2) is 14.4 Å². The third-order valence-corrected chi connectivity index (χ3v) is 10.1. The zero-order chi connectivity index (χ0) is 31.2. The quantitative estimate of drug-likeness (QED) is 0.169. The predicted octanol–water partition coefficient (Wildman–Crippen LogP) is 8.05. The highest BCUT2D eigenvalue weighted by molar-refractivity contribution is 6.42. The van der Waals surface area contributed by atoms with Gasteiger partial charge in [0.25, 0.3) is 0 Å². The molecular weight excluding hydrogens is 610 g/mol. The number of aromatic amines is 1. The van der Waals surface area contributed by atoms with Gasteiger partial charge in [0.2, 0.25) is 5.95 Å². The van der Waals surface area contributed by atoms with Crippen LogP contribution >= 0.6 is 23.2 Å². The topological polar surface area (TPSA) is 79.6 Å². The number of nitrogens with zero attached hydrogens (tertiary/aromatic N) is 6. The van der Waals surface area contributed by atoms with Gasteiger partial charge in [-0.05, 0) is 55.8 Å². The van der Waals surface area contributed by atoms with E-state index in [1.807, 2.05) is 16.8 Å². The molecule has 2 N–H and O–H groups in total. The number of alkyl halides is 1. The summed E-state index contributed by atoms with van der Waals surface area (Å²) in [4.78, 5) is 14.5. The van der Waals surface area contributed by atoms with Crippen molar-refractivity contribution >= 4 is 40.1 Å². The van der Waals surface area contributed by atoms with E-state index < -0.39 is 12.2 Å². The van der Waals surface area contributed by atoms with Gasteiger partial charge in [0, 0.05) is 59.9 Å². The lowest BCUT2D eigenvalue weighted by atomic mass is 9.86. The van der Waals surface area contributed by atoms with E-state index in [-0.39, 0.29) is 13.0 Å². The SMILES string of the molecule is C=C(Nc1ncc[nH]1)C(c1ncn2c1C[C@@H](F)C2)n1cc2c(Cl)cc(-c3ccc(CN(C)C4CCC(C)CC4)cc3)c(Cl)c2n1. The normalized spacial score (nSPS) is 20.5. The maximum absolute atomic E-state index is 14.4. The van der Waals surface area contributed by atoms with Gasteiger partial charge < -0.3 is 14.9 Å². The Morgan fingerprint density at radius 1 is 1.18 bits per heavy atom. The molecule has 1 saturated carbocycles. The van der Waals surface area contributed by atoms with Crippen LogP contribution in [0.3, 0.4) is 0 Å². The molecule has 234 valence electrons. The third kappa shape index (κ3) is 5.89. The molecule has 11 heteroatoms. The first-order valence-electron chi connectivity index (χ1n) is 15.5. The lowest BCUT2D eigenvalue weighted by molar-refractivity contribution is 0.164. The third-order valence-electron chi connectivity index (χ3n) is 9.43. The molecule has 0 spiro atoms. The average Bonchev–Trinajstić information content (AvgIpc) is 3.83. The molecule has 2 atom stereocenters. The van der Waals surface area contributed by atoms with Gasteiger partial charge in [0.1, 0.15) is 17.7 Å². The number of nitrogens with one attached hydrogen (secondary N) is 2. The lowest BCUT2D eigenvalue weighted by Crippen LogP contribution is -2.34. The highest BCUT2D eigenvalue weighted by atomic mass is 35.5. The summed E-state index contributed by atoms with van der Waals surface area (Å²) in [6.45, 7) is 7.86. The smallest absolute Gasteiger partial charge is 0.204 e. The maximum Gasteiger partial charge on any atom is 0.204 e. The van der Waals surface area contributed by atoms with Gasteiger partial charge >= 0.3 is 0 Å². The summed E-state index contributed by atoms with van der Waals surface area (Å²) in [6, 6.07) is 10.5. The number of fused-ring (bicyclic) bond motifs is 2. The van der Waals surface area contributed by atoms with Crippen molar-refractivity contribution in [2.75, 3.05) is 12.4 Å². The fourth-order valence-corrected chi connectivity index (χ4v) is 7.43. The van der Waals surface area contributed by atoms with Gasteiger partial charge in [0.05, 0.1) is 28.6 Å². The second kappa shape index (κ2) is 12.3. The molecule has 1 fully saturated rings. The van der Waals surface area contributed by atoms with Crippen molar-refractivity contribution in [1.29, 1.82) is 0 Å². The van der Waals surface area contributed by atoms with Crippen molar-refractivity contribution in [2.45, 2.75) is 70.4 Å². The number of imidazole rings is 2. The standard InChI is InChI=1S/C34H37Cl2FN8/c1-20-4-10-25(11-5-20)43(3)16-22-6-8-23(9-7-22)26-15-28(35)27-18-45(42-31(27)30(26)36)33(21(2)41-34-38-12-13-39-34)32-29-14-24(37)17-44(29)19-40-32/h6-9,12-13,15,18-20,24-25,33H,2,4-5,10-11,14,16-17H2,1,3H3,(H2,38,39,41)/t20?,24-,25?,33?/m1/s1. The van der Waals surface area contributed by atoms with Crippen LogP contribution in [0.15, 0.2) is 67.5 Å². The van der Waals surface area contributed by atoms with E-state index in [1.54, 1.807) is 23.4 Å². The Hall–Kier alpha value is -3.66. The number of anilines is 1. The minimum atomic E-state index is -0.959. The van der Waals surface area contributed by atoms with E-state index in [2.05, 4.69) is 70.0 Å². The zero-order valence-electron chi connectivity index (χ0n) is 25.5. The summed E-state index contributed by atoms with van der Waals surface area (Å²) in [7, 11) is 2.23. The summed E-state index contributed by atoms with van der Waals surface area (Å²) >= 11 is 14.0. The number of aromatic nitrogens is 6. The van der Waals surface area contributed by atoms with Crippen molar-refractivity contribution in [1.82, 2.24) is 34.2 Å². The Morgan fingerprint density at radius 2 is 1.96 bits per heavy atom. The lowest BCUT2D eigenvalue weighted by Gasteiger charge is -2.33. The van der Waals surface area contributed by atoms with Crippen LogP contribution in [0.4, 0.5) is 10.3 Å². The molecule has 3 aromatic heterocycles. The molecule has 7 rings (SSSR count). The fourth-order valence-electron chi connectivity index (χ4n) is 6.88. The summed E-state index contributed by atoms with van der Waals surface area (Å²) < 4.78 is 18.0. The summed E-state index contributed by atoms with van der Waals surface area (Å²) in [5.41, 5.74) is 5.67. The molecule has 0 amide bonds. The zero-order valence-corrected chi connectivity index (χ0v) is 27.0. The van der Waals surface area contributed by atoms with Gasteiger partial charge in [-0.3, -0.25) is 9.58 Å². The summed E-state index contributed by atoms with van der Waals surface area (Å²) in [6.07, 6.45) is 11.4. The molecule has 45 heavy (non-hydrogen) atoms. The number of allylic oxidation sites excluding steroid dienone is 1. The van der Waals surface area contributed by atoms with Crippen molar-refractivity contribution in [3.8, 4) is 11.1 Å². The average molecular weight is 648 g/mol. The van der Waals surface area contributed by atoms with Gasteiger partial charge in [-0.1, -0.05) is 61.0 Å². The largest absolute Gasteiger partial charge is 0.331 e. The number of benzene rings is 2. The Bertz CT molecular complexity index is 1820. The van der Waals surface area contributed by atoms with E-state index in [4.69, 9.17) is 28.3 Å². The van der Waals surface area contributed by atoms with E-state index >= 15 is 0 Å². The van der Waals surface area contributed by atoms with Gasteiger partial charge in [-0.2, -0.15) is 5.10 Å². The molecule has 4 heterocycles. The second-order valence-electron chi connectivity index (χ2n) is 12.6. The fraction of sp³-hybridized carbons (Fsp3) is 0.382. The Kier molecular flexibility index (Phi) is 8.18. The van der Waals surface area contributed by atoms with E-state index in [1.165, 1.54) is 31.2 Å². The van der Waals surface area contributed by atoms with Crippen molar-refractivity contribution < 1.29 is 4.39 Å². The molecule has 8 nitrogen and oxygen atoms in total. The van der Waals surface area contributed by atoms with E-state index in [9.17, 15) is 4.39 Å². The second-order valence-corrected chi connectivity index (χ2v) is 13.4. The van der Waals surface area contributed by atoms with Crippen LogP contribution in [-0.4, -0.2) is 53.5 Å². The predicted molar refractivity (Wildman–Crippen MR) is 178 cm³/mol. The highest BCUT2D eigenvalue weighted by Crippen LogP contribution is 2.40. The van der Waals surface area contributed by atoms with Crippen LogP contribution in [0.25, 0.3) is 22.0 Å². The van der Waals surface area contributed by atoms with Crippen LogP contribution in [0, 0.1) is 5.92 Å². The highest BCUT2D eigenvalue weighted by Gasteiger charge is 2.32. The number of rotatable bonds is 9. The molecule has 1 unspecified atom stereocenters. The molecule has 2 aromatic carbocycles. The van der Waals surface area contributed by atoms with Crippen LogP contribution in [-0.2, 0) is 19.5 Å². The minimum Gasteiger partial charge on any atom is -0.331 e. The van der Waals surface area contributed by atoms with E-state index in [0.29, 0.717) is 44.3 Å². The van der Waals surface area contributed by atoms with Gasteiger partial charge in [0.15, 0.2) is 0 Å². The molecule has 0 bridgehead atoms. The van der Waals surface area contributed by atoms with Crippen LogP contribution < -0.4 is 5.32 Å². The summed E-state index contributed by atoms with van der Waals surface area (Å²) in [5.74, 6) is 1.37. The van der Waals surface area contributed by atoms with Crippen LogP contribution in [0.5, 0.6) is 0 Å². The molecule has 1 aliphatic carbocycles. The number of hydrogen-bond acceptors (Lipinski definition) is 5. The van der Waals surface area contributed by atoms with Gasteiger partial charge in [-0.15, -0.1) is 0 Å². The van der Waals surface area contributed by atoms with Crippen molar-refractivity contribution in [2.24, 2.45) is 5.92 Å². The molecule has 0 saturated heterocycles. The number of halogens is 3. The van der Waals surface area contributed by atoms with Crippen LogP contribution in [0.2, 0.25) is 10.0 Å². The monoisotopic (exact) mass is 646 g/mol. The summed E-state index contributed by atoms with van der Waals surface area (Å²) in [5, 5.41) is 9.93. The molecular formula is C34H37Cl2FN8. The Labute approximate surface area is 272 Å². The maximum atomic E-state index is 14.4. The first kappa shape index (κ1) is 30.0. The molecule has 1 aliphatic heterocycles. The molecule has 0 radical (unpaired) electrons. The Balaban J connectivity index is 1.20. The Morgan fingerprint density at radius 3 is 2.69 bits per heavy atom. The minimum absolute atomic E-state index is 0.276. The number of hydrogen-bond donors (Lipinski definition) is 2. The molecule has 5 aromatic rings. The first-order chi connectivity index (χ1) is 21.7. The van der Waals surface area contributed by atoms with Crippen molar-refractivity contribution in [3.05, 3.63) is 94.5 Å². The van der Waals surface area contributed by atoms with E-state index in [0.717, 1.165) is 29.3 Å². The molecule has 2 aliphatic rings. The first-order valence-corrected chi connectivity index (χ1v) is 16.3. The van der Waals surface area contributed by atoms with Crippen molar-refractivity contribution in [3.63, 3.8) is 0 Å².